The third-order valence-corrected chi connectivity index (χ3v) is 2.58. The minimum atomic E-state index is -0.692. The van der Waals surface area contributed by atoms with Gasteiger partial charge in [-0.25, -0.2) is 0 Å². The molecular weight excluding hydrogens is 204 g/mol. The number of fused-ring (bicyclic) bond motifs is 1. The molecule has 1 aromatic carbocycles. The van der Waals surface area contributed by atoms with Crippen LogP contribution in [0.3, 0.4) is 0 Å². The van der Waals surface area contributed by atoms with Crippen molar-refractivity contribution in [3.05, 3.63) is 47.9 Å². The predicted octanol–water partition coefficient (Wildman–Crippen LogP) is 1.96. The van der Waals surface area contributed by atoms with Gasteiger partial charge in [0.2, 0.25) is 0 Å². The number of aromatic nitrogens is 1. The average molecular weight is 214 g/mol. The number of para-hydroxylation sites is 1. The van der Waals surface area contributed by atoms with E-state index in [1.54, 1.807) is 18.3 Å². The molecule has 0 amide bonds. The molecule has 0 saturated carbocycles. The van der Waals surface area contributed by atoms with Crippen LogP contribution in [0.25, 0.3) is 11.6 Å². The van der Waals surface area contributed by atoms with Crippen molar-refractivity contribution in [2.45, 2.75) is 6.23 Å². The molecule has 0 saturated heterocycles. The highest BCUT2D eigenvalue weighted by Crippen LogP contribution is 2.34. The second kappa shape index (κ2) is 3.50. The number of hydrogen-bond acceptors (Lipinski definition) is 4. The Bertz CT molecular complexity index is 532. The highest BCUT2D eigenvalue weighted by molar-refractivity contribution is 5.93. The van der Waals surface area contributed by atoms with Crippen molar-refractivity contribution in [2.75, 3.05) is 5.32 Å². The standard InChI is InChI=1S/C12H10N2O2/c15-12-10(7-8-5-6-13-16-8)9-3-1-2-4-11(9)14-12/h1-7,12,14-15H/b10-7-. The summed E-state index contributed by atoms with van der Waals surface area (Å²) in [4.78, 5) is 0. The van der Waals surface area contributed by atoms with Crippen molar-refractivity contribution in [1.82, 2.24) is 5.16 Å². The first-order valence-electron chi connectivity index (χ1n) is 5.01. The molecular formula is C12H10N2O2. The van der Waals surface area contributed by atoms with E-state index in [4.69, 9.17) is 4.52 Å². The molecule has 1 aliphatic rings. The number of benzene rings is 1. The normalized spacial score (nSPS) is 20.8. The number of nitrogens with zero attached hydrogens (tertiary/aromatic N) is 1. The van der Waals surface area contributed by atoms with E-state index in [2.05, 4.69) is 10.5 Å². The van der Waals surface area contributed by atoms with Crippen LogP contribution in [0.15, 0.2) is 41.1 Å². The molecule has 0 fully saturated rings. The van der Waals surface area contributed by atoms with E-state index in [-0.39, 0.29) is 0 Å². The van der Waals surface area contributed by atoms with Gasteiger partial charge in [-0.15, -0.1) is 0 Å². The Kier molecular flexibility index (Phi) is 2.01. The van der Waals surface area contributed by atoms with Crippen LogP contribution in [0, 0.1) is 0 Å². The molecule has 1 atom stereocenters. The first kappa shape index (κ1) is 9.18. The predicted molar refractivity (Wildman–Crippen MR) is 60.4 cm³/mol. The van der Waals surface area contributed by atoms with Crippen molar-refractivity contribution in [3.63, 3.8) is 0 Å². The van der Waals surface area contributed by atoms with Crippen molar-refractivity contribution < 1.29 is 9.63 Å². The zero-order valence-electron chi connectivity index (χ0n) is 8.42. The number of hydrogen-bond donors (Lipinski definition) is 2. The fraction of sp³-hybridized carbons (Fsp3) is 0.0833. The number of aliphatic hydroxyl groups is 1. The molecule has 16 heavy (non-hydrogen) atoms. The van der Waals surface area contributed by atoms with E-state index >= 15 is 0 Å². The maximum atomic E-state index is 9.87. The van der Waals surface area contributed by atoms with Crippen LogP contribution >= 0.6 is 0 Å². The van der Waals surface area contributed by atoms with Crippen molar-refractivity contribution >= 4 is 17.3 Å². The lowest BCUT2D eigenvalue weighted by Crippen LogP contribution is -2.12. The average Bonchev–Trinajstić information content (AvgIpc) is 2.89. The Morgan fingerprint density at radius 2 is 2.19 bits per heavy atom. The van der Waals surface area contributed by atoms with Gasteiger partial charge in [-0.2, -0.15) is 0 Å². The summed E-state index contributed by atoms with van der Waals surface area (Å²) in [6.45, 7) is 0. The molecule has 80 valence electrons. The van der Waals surface area contributed by atoms with E-state index < -0.39 is 6.23 Å². The zero-order chi connectivity index (χ0) is 11.0. The summed E-state index contributed by atoms with van der Waals surface area (Å²) in [7, 11) is 0. The lowest BCUT2D eigenvalue weighted by Gasteiger charge is -2.03. The lowest BCUT2D eigenvalue weighted by molar-refractivity contribution is 0.266. The molecule has 4 heteroatoms. The van der Waals surface area contributed by atoms with E-state index in [1.165, 1.54) is 0 Å². The fourth-order valence-electron chi connectivity index (χ4n) is 1.84. The van der Waals surface area contributed by atoms with Crippen LogP contribution < -0.4 is 5.32 Å². The highest BCUT2D eigenvalue weighted by Gasteiger charge is 2.23. The first-order chi connectivity index (χ1) is 7.84. The number of rotatable bonds is 1. The third-order valence-electron chi connectivity index (χ3n) is 2.58. The minimum Gasteiger partial charge on any atom is -0.369 e. The van der Waals surface area contributed by atoms with Gasteiger partial charge < -0.3 is 14.9 Å². The monoisotopic (exact) mass is 214 g/mol. The van der Waals surface area contributed by atoms with Crippen LogP contribution in [0.4, 0.5) is 5.69 Å². The number of nitrogens with one attached hydrogen (secondary N) is 1. The van der Waals surface area contributed by atoms with Crippen molar-refractivity contribution in [1.29, 1.82) is 0 Å². The summed E-state index contributed by atoms with van der Waals surface area (Å²) in [5.74, 6) is 0.632. The van der Waals surface area contributed by atoms with Crippen LogP contribution in [0.2, 0.25) is 0 Å². The third kappa shape index (κ3) is 1.40. The Morgan fingerprint density at radius 3 is 3.00 bits per heavy atom. The first-order valence-corrected chi connectivity index (χ1v) is 5.01. The van der Waals surface area contributed by atoms with Gasteiger partial charge in [0.15, 0.2) is 12.0 Å². The van der Waals surface area contributed by atoms with E-state index in [1.807, 2.05) is 24.3 Å². The smallest absolute Gasteiger partial charge is 0.160 e. The van der Waals surface area contributed by atoms with Crippen LogP contribution in [-0.4, -0.2) is 16.5 Å². The van der Waals surface area contributed by atoms with Gasteiger partial charge in [-0.05, 0) is 12.1 Å². The van der Waals surface area contributed by atoms with Crippen LogP contribution in [-0.2, 0) is 0 Å². The molecule has 0 spiro atoms. The van der Waals surface area contributed by atoms with Crippen molar-refractivity contribution in [2.24, 2.45) is 0 Å². The molecule has 0 radical (unpaired) electrons. The molecule has 2 heterocycles. The van der Waals surface area contributed by atoms with Gasteiger partial charge in [-0.3, -0.25) is 0 Å². The van der Waals surface area contributed by atoms with Gasteiger partial charge in [0, 0.05) is 22.9 Å². The largest absolute Gasteiger partial charge is 0.369 e. The van der Waals surface area contributed by atoms with E-state index in [9.17, 15) is 5.11 Å². The molecule has 0 bridgehead atoms. The van der Waals surface area contributed by atoms with Gasteiger partial charge in [0.05, 0.1) is 6.20 Å². The van der Waals surface area contributed by atoms with Crippen molar-refractivity contribution in [3.8, 4) is 0 Å². The Labute approximate surface area is 92.2 Å². The zero-order valence-corrected chi connectivity index (χ0v) is 8.42. The van der Waals surface area contributed by atoms with Crippen LogP contribution in [0.5, 0.6) is 0 Å². The number of anilines is 1. The lowest BCUT2D eigenvalue weighted by atomic mass is 10.1. The summed E-state index contributed by atoms with van der Waals surface area (Å²) in [5.41, 5.74) is 2.72. The maximum Gasteiger partial charge on any atom is 0.160 e. The second-order valence-corrected chi connectivity index (χ2v) is 3.61. The number of aliphatic hydroxyl groups excluding tert-OH is 1. The molecule has 3 rings (SSSR count). The Morgan fingerprint density at radius 1 is 1.31 bits per heavy atom. The minimum absolute atomic E-state index is 0.632. The van der Waals surface area contributed by atoms with Gasteiger partial charge in [0.1, 0.15) is 0 Å². The van der Waals surface area contributed by atoms with Gasteiger partial charge in [0.25, 0.3) is 0 Å². The van der Waals surface area contributed by atoms with Gasteiger partial charge >= 0.3 is 0 Å². The fourth-order valence-corrected chi connectivity index (χ4v) is 1.84. The summed E-state index contributed by atoms with van der Waals surface area (Å²) < 4.78 is 4.99. The Balaban J connectivity index is 2.08. The summed E-state index contributed by atoms with van der Waals surface area (Å²) >= 11 is 0. The van der Waals surface area contributed by atoms with E-state index in [0.29, 0.717) is 5.76 Å². The molecule has 2 N–H and O–H groups in total. The quantitative estimate of drug-likeness (QED) is 0.761. The molecule has 1 aliphatic heterocycles. The molecule has 1 unspecified atom stereocenters. The topological polar surface area (TPSA) is 58.3 Å². The summed E-state index contributed by atoms with van der Waals surface area (Å²) in [6, 6.07) is 9.50. The highest BCUT2D eigenvalue weighted by atomic mass is 16.5. The van der Waals surface area contributed by atoms with E-state index in [0.717, 1.165) is 16.8 Å². The second-order valence-electron chi connectivity index (χ2n) is 3.61. The molecule has 4 nitrogen and oxygen atoms in total. The molecule has 0 aliphatic carbocycles. The SMILES string of the molecule is OC1Nc2ccccc2/C1=C/c1ccno1. The van der Waals surface area contributed by atoms with Gasteiger partial charge in [-0.1, -0.05) is 23.4 Å². The molecule has 1 aromatic heterocycles. The summed E-state index contributed by atoms with van der Waals surface area (Å²) in [6.07, 6.45) is 2.67. The summed E-state index contributed by atoms with van der Waals surface area (Å²) in [5, 5.41) is 16.5. The van der Waals surface area contributed by atoms with Crippen LogP contribution in [0.1, 0.15) is 11.3 Å². The molecule has 2 aromatic rings. The Hall–Kier alpha value is -2.07. The maximum absolute atomic E-state index is 9.87.